The molecule has 0 fully saturated rings. The van der Waals surface area contributed by atoms with Gasteiger partial charge in [0.25, 0.3) is 0 Å². The molecular formula is C26H22N2O2. The molecule has 5 aromatic rings. The number of hydrogen-bond acceptors (Lipinski definition) is 3. The third-order valence-corrected chi connectivity index (χ3v) is 5.14. The van der Waals surface area contributed by atoms with Crippen LogP contribution in [0.4, 0.5) is 0 Å². The number of aryl methyl sites for hydroxylation is 1. The van der Waals surface area contributed by atoms with E-state index < -0.39 is 0 Å². The Balaban J connectivity index is 1.30. The van der Waals surface area contributed by atoms with Gasteiger partial charge in [0.1, 0.15) is 17.3 Å². The molecule has 0 spiro atoms. The predicted octanol–water partition coefficient (Wildman–Crippen LogP) is 6.42. The lowest BCUT2D eigenvalue weighted by atomic mass is 10.1. The zero-order valence-corrected chi connectivity index (χ0v) is 16.6. The van der Waals surface area contributed by atoms with Crippen molar-refractivity contribution in [3.05, 3.63) is 96.7 Å². The minimum Gasteiger partial charge on any atom is -0.494 e. The maximum absolute atomic E-state index is 6.02. The Morgan fingerprint density at radius 1 is 0.867 bits per heavy atom. The third kappa shape index (κ3) is 3.85. The second kappa shape index (κ2) is 8.29. The van der Waals surface area contributed by atoms with Crippen molar-refractivity contribution in [2.75, 3.05) is 6.61 Å². The Morgan fingerprint density at radius 3 is 2.63 bits per heavy atom. The number of rotatable bonds is 7. The fraction of sp³-hybridized carbons (Fsp3) is 0.115. The first-order valence-corrected chi connectivity index (χ1v) is 10.2. The second-order valence-corrected chi connectivity index (χ2v) is 7.17. The summed E-state index contributed by atoms with van der Waals surface area (Å²) in [6, 6.07) is 26.6. The van der Waals surface area contributed by atoms with Crippen LogP contribution in [0, 0.1) is 0 Å². The van der Waals surface area contributed by atoms with E-state index in [2.05, 4.69) is 41.0 Å². The van der Waals surface area contributed by atoms with E-state index in [1.165, 1.54) is 10.8 Å². The maximum Gasteiger partial charge on any atom is 0.133 e. The fourth-order valence-corrected chi connectivity index (χ4v) is 3.67. The van der Waals surface area contributed by atoms with Gasteiger partial charge in [0.05, 0.1) is 23.9 Å². The normalized spacial score (nSPS) is 11.6. The van der Waals surface area contributed by atoms with E-state index in [1.54, 1.807) is 6.26 Å². The zero-order valence-electron chi connectivity index (χ0n) is 16.6. The SMILES string of the molecule is C(=C\c1nc2ccccc2n1CCCOc1ccc2ccccc2c1)/c1ccco1. The molecule has 0 amide bonds. The van der Waals surface area contributed by atoms with Crippen LogP contribution in [0.3, 0.4) is 0 Å². The summed E-state index contributed by atoms with van der Waals surface area (Å²) < 4.78 is 13.7. The fourth-order valence-electron chi connectivity index (χ4n) is 3.67. The lowest BCUT2D eigenvalue weighted by Gasteiger charge is -2.10. The minimum absolute atomic E-state index is 0.645. The molecule has 0 atom stereocenters. The first-order valence-electron chi connectivity index (χ1n) is 10.2. The molecule has 0 saturated carbocycles. The topological polar surface area (TPSA) is 40.2 Å². The highest BCUT2D eigenvalue weighted by Crippen LogP contribution is 2.22. The Hall–Kier alpha value is -3.79. The van der Waals surface area contributed by atoms with Gasteiger partial charge in [-0.15, -0.1) is 0 Å². The summed E-state index contributed by atoms with van der Waals surface area (Å²) >= 11 is 0. The van der Waals surface area contributed by atoms with Gasteiger partial charge in [-0.25, -0.2) is 4.98 Å². The summed E-state index contributed by atoms with van der Waals surface area (Å²) in [5.41, 5.74) is 2.12. The number of hydrogen-bond donors (Lipinski definition) is 0. The van der Waals surface area contributed by atoms with Gasteiger partial charge in [0.2, 0.25) is 0 Å². The number of nitrogens with zero attached hydrogens (tertiary/aromatic N) is 2. The first kappa shape index (κ1) is 18.3. The Labute approximate surface area is 175 Å². The molecule has 0 unspecified atom stereocenters. The average molecular weight is 394 g/mol. The highest BCUT2D eigenvalue weighted by molar-refractivity contribution is 5.83. The van der Waals surface area contributed by atoms with Crippen molar-refractivity contribution in [2.24, 2.45) is 0 Å². The molecule has 2 aromatic heterocycles. The van der Waals surface area contributed by atoms with E-state index in [9.17, 15) is 0 Å². The maximum atomic E-state index is 6.02. The number of aromatic nitrogens is 2. The molecule has 30 heavy (non-hydrogen) atoms. The highest BCUT2D eigenvalue weighted by atomic mass is 16.5. The van der Waals surface area contributed by atoms with Crippen molar-refractivity contribution in [1.82, 2.24) is 9.55 Å². The van der Waals surface area contributed by atoms with Crippen molar-refractivity contribution >= 4 is 34.0 Å². The molecule has 3 aromatic carbocycles. The Morgan fingerprint density at radius 2 is 1.73 bits per heavy atom. The van der Waals surface area contributed by atoms with Gasteiger partial charge in [-0.05, 0) is 65.7 Å². The second-order valence-electron chi connectivity index (χ2n) is 7.17. The molecule has 148 valence electrons. The van der Waals surface area contributed by atoms with E-state index >= 15 is 0 Å². The van der Waals surface area contributed by atoms with Crippen molar-refractivity contribution < 1.29 is 9.15 Å². The Kier molecular flexibility index (Phi) is 5.05. The number of fused-ring (bicyclic) bond motifs is 2. The molecule has 0 N–H and O–H groups in total. The van der Waals surface area contributed by atoms with Gasteiger partial charge in [-0.1, -0.05) is 42.5 Å². The van der Waals surface area contributed by atoms with Gasteiger partial charge in [0, 0.05) is 6.54 Å². The molecule has 2 heterocycles. The summed E-state index contributed by atoms with van der Waals surface area (Å²) in [5.74, 6) is 2.63. The summed E-state index contributed by atoms with van der Waals surface area (Å²) in [4.78, 5) is 4.78. The van der Waals surface area contributed by atoms with Crippen LogP contribution in [-0.4, -0.2) is 16.2 Å². The number of para-hydroxylation sites is 2. The number of imidazole rings is 1. The highest BCUT2D eigenvalue weighted by Gasteiger charge is 2.08. The lowest BCUT2D eigenvalue weighted by Crippen LogP contribution is -2.06. The van der Waals surface area contributed by atoms with Crippen LogP contribution in [0.5, 0.6) is 5.75 Å². The molecule has 0 aliphatic carbocycles. The van der Waals surface area contributed by atoms with E-state index in [-0.39, 0.29) is 0 Å². The monoisotopic (exact) mass is 394 g/mol. The van der Waals surface area contributed by atoms with Crippen molar-refractivity contribution in [3.63, 3.8) is 0 Å². The number of furan rings is 1. The van der Waals surface area contributed by atoms with Gasteiger partial charge < -0.3 is 13.7 Å². The van der Waals surface area contributed by atoms with Crippen molar-refractivity contribution in [1.29, 1.82) is 0 Å². The van der Waals surface area contributed by atoms with Gasteiger partial charge in [-0.3, -0.25) is 0 Å². The molecule has 0 aliphatic heterocycles. The van der Waals surface area contributed by atoms with Crippen LogP contribution >= 0.6 is 0 Å². The average Bonchev–Trinajstić information content (AvgIpc) is 3.43. The van der Waals surface area contributed by atoms with Crippen LogP contribution in [0.25, 0.3) is 34.0 Å². The molecule has 5 rings (SSSR count). The molecule has 0 aliphatic rings. The van der Waals surface area contributed by atoms with E-state index in [1.807, 2.05) is 54.6 Å². The third-order valence-electron chi connectivity index (χ3n) is 5.14. The lowest BCUT2D eigenvalue weighted by molar-refractivity contribution is 0.303. The largest absolute Gasteiger partial charge is 0.494 e. The summed E-state index contributed by atoms with van der Waals surface area (Å²) in [5, 5.41) is 2.42. The van der Waals surface area contributed by atoms with Crippen LogP contribution in [0.2, 0.25) is 0 Å². The molecular weight excluding hydrogens is 372 g/mol. The van der Waals surface area contributed by atoms with Crippen LogP contribution in [-0.2, 0) is 6.54 Å². The smallest absolute Gasteiger partial charge is 0.133 e. The molecule has 0 saturated heterocycles. The summed E-state index contributed by atoms with van der Waals surface area (Å²) in [6.07, 6.45) is 6.51. The molecule has 4 heteroatoms. The van der Waals surface area contributed by atoms with Crippen LogP contribution < -0.4 is 4.74 Å². The minimum atomic E-state index is 0.645. The van der Waals surface area contributed by atoms with Gasteiger partial charge >= 0.3 is 0 Å². The Bertz CT molecular complexity index is 1300. The predicted molar refractivity (Wildman–Crippen MR) is 121 cm³/mol. The van der Waals surface area contributed by atoms with Crippen molar-refractivity contribution in [2.45, 2.75) is 13.0 Å². The quantitative estimate of drug-likeness (QED) is 0.299. The molecule has 0 radical (unpaired) electrons. The van der Waals surface area contributed by atoms with Gasteiger partial charge in [-0.2, -0.15) is 0 Å². The van der Waals surface area contributed by atoms with E-state index in [0.717, 1.165) is 41.3 Å². The summed E-state index contributed by atoms with van der Waals surface area (Å²) in [6.45, 7) is 1.47. The van der Waals surface area contributed by atoms with E-state index in [4.69, 9.17) is 14.1 Å². The molecule has 4 nitrogen and oxygen atoms in total. The van der Waals surface area contributed by atoms with Crippen LogP contribution in [0.1, 0.15) is 18.0 Å². The van der Waals surface area contributed by atoms with Crippen molar-refractivity contribution in [3.8, 4) is 5.75 Å². The zero-order chi connectivity index (χ0) is 20.2. The van der Waals surface area contributed by atoms with Gasteiger partial charge in [0.15, 0.2) is 0 Å². The summed E-state index contributed by atoms with van der Waals surface area (Å²) in [7, 11) is 0. The molecule has 0 bridgehead atoms. The van der Waals surface area contributed by atoms with E-state index in [0.29, 0.717) is 6.61 Å². The number of ether oxygens (including phenoxy) is 1. The number of benzene rings is 3. The first-order chi connectivity index (χ1) is 14.9. The standard InChI is InChI=1S/C26H22N2O2/c1-2-8-21-19-23(13-12-20(21)7-1)30-18-6-16-28-25-11-4-3-10-24(25)27-26(28)15-14-22-9-5-17-29-22/h1-5,7-15,17,19H,6,16,18H2/b15-14+. The van der Waals surface area contributed by atoms with Crippen LogP contribution in [0.15, 0.2) is 89.5 Å².